The van der Waals surface area contributed by atoms with Crippen molar-refractivity contribution in [1.29, 1.82) is 0 Å². The van der Waals surface area contributed by atoms with Crippen molar-refractivity contribution in [2.24, 2.45) is 0 Å². The van der Waals surface area contributed by atoms with Crippen LogP contribution < -0.4 is 16.0 Å². The SMILES string of the molecule is CCCC(NC(=O)C1CC(=O)CN1C)C(=O)C(=O)NCC(=O)NC(C)C. The number of Topliss-reactive ketones (excluding diaryl/α,β-unsaturated/α-hetero) is 2. The number of hydrogen-bond acceptors (Lipinski definition) is 6. The molecule has 1 fully saturated rings. The number of likely N-dealkylation sites (tertiary alicyclic amines) is 1. The first-order chi connectivity index (χ1) is 12.1. The quantitative estimate of drug-likeness (QED) is 0.437. The molecule has 26 heavy (non-hydrogen) atoms. The number of nitrogens with zero attached hydrogens (tertiary/aromatic N) is 1. The maximum atomic E-state index is 12.3. The Morgan fingerprint density at radius 1 is 1.19 bits per heavy atom. The molecule has 0 spiro atoms. The van der Waals surface area contributed by atoms with Crippen LogP contribution in [-0.4, -0.2) is 72.5 Å². The van der Waals surface area contributed by atoms with E-state index < -0.39 is 35.6 Å². The van der Waals surface area contributed by atoms with Crippen molar-refractivity contribution in [3.63, 3.8) is 0 Å². The third-order valence-electron chi connectivity index (χ3n) is 3.97. The summed E-state index contributed by atoms with van der Waals surface area (Å²) >= 11 is 0. The molecule has 0 radical (unpaired) electrons. The number of amides is 3. The topological polar surface area (TPSA) is 125 Å². The number of carbonyl (C=O) groups is 5. The van der Waals surface area contributed by atoms with E-state index in [9.17, 15) is 24.0 Å². The van der Waals surface area contributed by atoms with Crippen LogP contribution in [0.4, 0.5) is 0 Å². The summed E-state index contributed by atoms with van der Waals surface area (Å²) in [4.78, 5) is 61.3. The molecule has 1 heterocycles. The maximum Gasteiger partial charge on any atom is 0.290 e. The van der Waals surface area contributed by atoms with Crippen LogP contribution in [0.5, 0.6) is 0 Å². The maximum absolute atomic E-state index is 12.3. The predicted octanol–water partition coefficient (Wildman–Crippen LogP) is -1.25. The molecule has 3 N–H and O–H groups in total. The van der Waals surface area contributed by atoms with Crippen molar-refractivity contribution in [1.82, 2.24) is 20.9 Å². The molecule has 1 rings (SSSR count). The molecule has 0 bridgehead atoms. The second-order valence-electron chi connectivity index (χ2n) is 6.79. The molecule has 3 amide bonds. The van der Waals surface area contributed by atoms with Crippen molar-refractivity contribution in [3.05, 3.63) is 0 Å². The highest BCUT2D eigenvalue weighted by molar-refractivity contribution is 6.38. The summed E-state index contributed by atoms with van der Waals surface area (Å²) in [5.41, 5.74) is 0. The highest BCUT2D eigenvalue weighted by Gasteiger charge is 2.35. The van der Waals surface area contributed by atoms with Crippen molar-refractivity contribution in [3.8, 4) is 0 Å². The van der Waals surface area contributed by atoms with Crippen LogP contribution >= 0.6 is 0 Å². The summed E-state index contributed by atoms with van der Waals surface area (Å²) in [7, 11) is 1.66. The van der Waals surface area contributed by atoms with E-state index in [1.807, 2.05) is 6.92 Å². The summed E-state index contributed by atoms with van der Waals surface area (Å²) in [5, 5.41) is 7.43. The van der Waals surface area contributed by atoms with E-state index in [0.717, 1.165) is 0 Å². The minimum Gasteiger partial charge on any atom is -0.352 e. The van der Waals surface area contributed by atoms with Gasteiger partial charge in [-0.05, 0) is 27.3 Å². The lowest BCUT2D eigenvalue weighted by atomic mass is 10.1. The van der Waals surface area contributed by atoms with Crippen molar-refractivity contribution in [2.45, 2.75) is 58.2 Å². The number of nitrogens with one attached hydrogen (secondary N) is 3. The van der Waals surface area contributed by atoms with Gasteiger partial charge in [-0.3, -0.25) is 28.9 Å². The van der Waals surface area contributed by atoms with Gasteiger partial charge >= 0.3 is 0 Å². The Balaban J connectivity index is 2.62. The molecule has 9 heteroatoms. The number of likely N-dealkylation sites (N-methyl/N-ethyl adjacent to an activating group) is 1. The van der Waals surface area contributed by atoms with Crippen LogP contribution in [0.3, 0.4) is 0 Å². The zero-order valence-corrected chi connectivity index (χ0v) is 15.8. The van der Waals surface area contributed by atoms with Crippen LogP contribution in [0.15, 0.2) is 0 Å². The molecular weight excluding hydrogens is 340 g/mol. The van der Waals surface area contributed by atoms with E-state index in [0.29, 0.717) is 12.8 Å². The Labute approximate surface area is 153 Å². The van der Waals surface area contributed by atoms with Crippen LogP contribution in [0, 0.1) is 0 Å². The zero-order chi connectivity index (χ0) is 19.9. The van der Waals surface area contributed by atoms with E-state index in [-0.39, 0.29) is 31.3 Å². The first-order valence-electron chi connectivity index (χ1n) is 8.79. The van der Waals surface area contributed by atoms with Crippen molar-refractivity contribution < 1.29 is 24.0 Å². The van der Waals surface area contributed by atoms with E-state index in [2.05, 4.69) is 16.0 Å². The fourth-order valence-corrected chi connectivity index (χ4v) is 2.72. The average Bonchev–Trinajstić information content (AvgIpc) is 2.89. The van der Waals surface area contributed by atoms with E-state index in [4.69, 9.17) is 0 Å². The molecule has 1 aliphatic rings. The van der Waals surface area contributed by atoms with E-state index >= 15 is 0 Å². The summed E-state index contributed by atoms with van der Waals surface area (Å²) in [5.74, 6) is -2.61. The van der Waals surface area contributed by atoms with Gasteiger partial charge in [0.15, 0.2) is 0 Å². The van der Waals surface area contributed by atoms with Gasteiger partial charge < -0.3 is 16.0 Å². The molecule has 0 aromatic carbocycles. The lowest BCUT2D eigenvalue weighted by Gasteiger charge is -2.22. The fourth-order valence-electron chi connectivity index (χ4n) is 2.72. The summed E-state index contributed by atoms with van der Waals surface area (Å²) < 4.78 is 0. The Morgan fingerprint density at radius 2 is 1.85 bits per heavy atom. The number of carbonyl (C=O) groups excluding carboxylic acids is 5. The first kappa shape index (κ1) is 21.8. The molecule has 1 aliphatic heterocycles. The number of rotatable bonds is 9. The molecule has 0 aromatic heterocycles. The normalized spacial score (nSPS) is 18.5. The lowest BCUT2D eigenvalue weighted by molar-refractivity contribution is -0.141. The molecule has 0 aliphatic carbocycles. The molecule has 2 atom stereocenters. The summed E-state index contributed by atoms with van der Waals surface area (Å²) in [6, 6.07) is -1.69. The van der Waals surface area contributed by atoms with Crippen LogP contribution in [0.2, 0.25) is 0 Å². The van der Waals surface area contributed by atoms with Crippen LogP contribution in [-0.2, 0) is 24.0 Å². The van der Waals surface area contributed by atoms with Gasteiger partial charge in [-0.25, -0.2) is 0 Å². The Hall–Kier alpha value is -2.29. The molecule has 146 valence electrons. The zero-order valence-electron chi connectivity index (χ0n) is 15.8. The second-order valence-corrected chi connectivity index (χ2v) is 6.79. The lowest BCUT2D eigenvalue weighted by Crippen LogP contribution is -2.52. The van der Waals surface area contributed by atoms with Gasteiger partial charge in [0.2, 0.25) is 17.6 Å². The molecule has 9 nitrogen and oxygen atoms in total. The van der Waals surface area contributed by atoms with Gasteiger partial charge in [0.1, 0.15) is 5.78 Å². The van der Waals surface area contributed by atoms with Crippen LogP contribution in [0.25, 0.3) is 0 Å². The molecule has 0 saturated carbocycles. The highest BCUT2D eigenvalue weighted by atomic mass is 16.2. The van der Waals surface area contributed by atoms with Crippen molar-refractivity contribution >= 4 is 29.3 Å². The monoisotopic (exact) mass is 368 g/mol. The Morgan fingerprint density at radius 3 is 2.35 bits per heavy atom. The summed E-state index contributed by atoms with van der Waals surface area (Å²) in [6.07, 6.45) is 0.967. The van der Waals surface area contributed by atoms with Crippen molar-refractivity contribution in [2.75, 3.05) is 20.1 Å². The van der Waals surface area contributed by atoms with Gasteiger partial charge in [0.05, 0.1) is 25.2 Å². The minimum absolute atomic E-state index is 0.0417. The fraction of sp³-hybridized carbons (Fsp3) is 0.706. The molecule has 2 unspecified atom stereocenters. The smallest absolute Gasteiger partial charge is 0.290 e. The molecule has 0 aromatic rings. The second kappa shape index (κ2) is 10.0. The largest absolute Gasteiger partial charge is 0.352 e. The van der Waals surface area contributed by atoms with Gasteiger partial charge in [0, 0.05) is 12.5 Å². The first-order valence-corrected chi connectivity index (χ1v) is 8.79. The molecular formula is C17H28N4O5. The number of ketones is 2. The third-order valence-corrected chi connectivity index (χ3v) is 3.97. The Bertz CT molecular complexity index is 576. The average molecular weight is 368 g/mol. The van der Waals surface area contributed by atoms with Crippen LogP contribution in [0.1, 0.15) is 40.0 Å². The minimum atomic E-state index is -0.982. The van der Waals surface area contributed by atoms with E-state index in [1.54, 1.807) is 25.8 Å². The van der Waals surface area contributed by atoms with Gasteiger partial charge in [0.25, 0.3) is 5.91 Å². The third kappa shape index (κ3) is 6.55. The standard InChI is InChI=1S/C17H28N4O5/c1-5-6-12(20-16(25)13-7-11(22)9-21(13)4)15(24)17(26)18-8-14(23)19-10(2)3/h10,12-13H,5-9H2,1-4H3,(H,18,26)(H,19,23)(H,20,25). The van der Waals surface area contributed by atoms with E-state index in [1.165, 1.54) is 0 Å². The van der Waals surface area contributed by atoms with Gasteiger partial charge in [-0.2, -0.15) is 0 Å². The molecule has 1 saturated heterocycles. The van der Waals surface area contributed by atoms with Gasteiger partial charge in [-0.15, -0.1) is 0 Å². The number of hydrogen-bond donors (Lipinski definition) is 3. The predicted molar refractivity (Wildman–Crippen MR) is 94.2 cm³/mol. The van der Waals surface area contributed by atoms with Gasteiger partial charge in [-0.1, -0.05) is 13.3 Å². The Kier molecular flexibility index (Phi) is 8.37. The highest BCUT2D eigenvalue weighted by Crippen LogP contribution is 2.12. The summed E-state index contributed by atoms with van der Waals surface area (Å²) in [6.45, 7) is 5.27.